The summed E-state index contributed by atoms with van der Waals surface area (Å²) < 4.78 is 0. The zero-order chi connectivity index (χ0) is 0. The standard InChI is InChI=1S/2Cr.2Cu.5O/q2*+3;2*+2;5*-2. The molecule has 0 fully saturated rings. The zero-order valence-electron chi connectivity index (χ0n) is 3.46. The van der Waals surface area contributed by atoms with E-state index in [1.165, 1.54) is 0 Å². The molecule has 0 atom stereocenters. The van der Waals surface area contributed by atoms with Gasteiger partial charge in [-0.1, -0.05) is 0 Å². The van der Waals surface area contributed by atoms with Crippen molar-refractivity contribution >= 4 is 0 Å². The van der Waals surface area contributed by atoms with Crippen LogP contribution in [0.3, 0.4) is 0 Å². The smallest absolute Gasteiger partial charge is 2.00 e. The van der Waals surface area contributed by atoms with Gasteiger partial charge in [-0.25, -0.2) is 0 Å². The monoisotopic (exact) mass is 310 g/mol. The van der Waals surface area contributed by atoms with E-state index in [0.717, 1.165) is 0 Å². The van der Waals surface area contributed by atoms with Crippen molar-refractivity contribution in [1.29, 1.82) is 0 Å². The molecule has 0 amide bonds. The fourth-order valence-electron chi connectivity index (χ4n) is 0. The van der Waals surface area contributed by atoms with Gasteiger partial charge in [-0.3, -0.25) is 0 Å². The van der Waals surface area contributed by atoms with Crippen molar-refractivity contribution in [2.45, 2.75) is 0 Å². The maximum atomic E-state index is 0. The number of hydrogen-bond donors (Lipinski definition) is 0. The molecule has 0 saturated carbocycles. The van der Waals surface area contributed by atoms with Gasteiger partial charge in [0.25, 0.3) is 0 Å². The van der Waals surface area contributed by atoms with E-state index in [0.29, 0.717) is 0 Å². The van der Waals surface area contributed by atoms with Crippen LogP contribution in [-0.4, -0.2) is 0 Å². The molecule has 0 spiro atoms. The SMILES string of the molecule is [Cr+3].[Cr+3].[Cu+2].[Cu+2].[O-2].[O-2].[O-2].[O-2].[O-2]. The summed E-state index contributed by atoms with van der Waals surface area (Å²) >= 11 is 0. The number of hydrogen-bond acceptors (Lipinski definition) is 0. The Morgan fingerprint density at radius 1 is 0.333 bits per heavy atom. The van der Waals surface area contributed by atoms with Crippen molar-refractivity contribution < 1.29 is 96.2 Å². The maximum Gasteiger partial charge on any atom is 3.00 e. The molecule has 9 heavy (non-hydrogen) atoms. The van der Waals surface area contributed by atoms with Gasteiger partial charge in [-0.2, -0.15) is 0 Å². The van der Waals surface area contributed by atoms with Crippen molar-refractivity contribution in [1.82, 2.24) is 0 Å². The Labute approximate surface area is 95.7 Å². The second-order valence-electron chi connectivity index (χ2n) is 0. The first-order chi connectivity index (χ1) is 0. The molecule has 0 aliphatic heterocycles. The Morgan fingerprint density at radius 2 is 0.333 bits per heavy atom. The topological polar surface area (TPSA) is 142 Å². The van der Waals surface area contributed by atoms with Crippen LogP contribution in [0.2, 0.25) is 0 Å². The fourth-order valence-corrected chi connectivity index (χ4v) is 0. The van der Waals surface area contributed by atoms with Gasteiger partial charge < -0.3 is 27.4 Å². The van der Waals surface area contributed by atoms with Gasteiger partial charge in [0.15, 0.2) is 0 Å². The van der Waals surface area contributed by atoms with E-state index < -0.39 is 0 Å². The fraction of sp³-hybridized carbons (Fsp3) is 0. The van der Waals surface area contributed by atoms with Crippen molar-refractivity contribution in [3.8, 4) is 0 Å². The van der Waals surface area contributed by atoms with E-state index in [1.54, 1.807) is 0 Å². The van der Waals surface area contributed by atoms with E-state index in [1.807, 2.05) is 0 Å². The third-order valence-corrected chi connectivity index (χ3v) is 0. The van der Waals surface area contributed by atoms with Crippen LogP contribution in [-0.2, 0) is 96.2 Å². The summed E-state index contributed by atoms with van der Waals surface area (Å²) in [6.07, 6.45) is 0. The predicted molar refractivity (Wildman–Crippen MR) is 3.43 cm³/mol. The van der Waals surface area contributed by atoms with Crippen LogP contribution < -0.4 is 0 Å². The summed E-state index contributed by atoms with van der Waals surface area (Å²) in [5, 5.41) is 0. The minimum absolute atomic E-state index is 0. The van der Waals surface area contributed by atoms with E-state index in [2.05, 4.69) is 0 Å². The summed E-state index contributed by atoms with van der Waals surface area (Å²) in [6, 6.07) is 0. The van der Waals surface area contributed by atoms with Gasteiger partial charge in [0.1, 0.15) is 0 Å². The van der Waals surface area contributed by atoms with E-state index >= 15 is 0 Å². The molecule has 0 aromatic heterocycles. The average molecular weight is 311 g/mol. The Kier molecular flexibility index (Phi) is 7100. The Hall–Kier alpha value is 1.90. The molecule has 0 aromatic rings. The summed E-state index contributed by atoms with van der Waals surface area (Å²) in [6.45, 7) is 0. The summed E-state index contributed by atoms with van der Waals surface area (Å²) in [5.74, 6) is 0. The summed E-state index contributed by atoms with van der Waals surface area (Å²) in [7, 11) is 0. The Bertz CT molecular complexity index is 12.9. The van der Waals surface area contributed by atoms with E-state index in [9.17, 15) is 0 Å². The molecule has 64 valence electrons. The summed E-state index contributed by atoms with van der Waals surface area (Å²) in [5.41, 5.74) is 0. The molecule has 0 bridgehead atoms. The van der Waals surface area contributed by atoms with Crippen molar-refractivity contribution in [2.24, 2.45) is 0 Å². The third-order valence-electron chi connectivity index (χ3n) is 0. The molecular weight excluding hydrogens is 311 g/mol. The first-order valence-electron chi connectivity index (χ1n) is 0. The molecule has 0 heterocycles. The Morgan fingerprint density at radius 3 is 0.333 bits per heavy atom. The largest absolute Gasteiger partial charge is 3.00 e. The molecule has 5 nitrogen and oxygen atoms in total. The van der Waals surface area contributed by atoms with Gasteiger partial charge in [0.05, 0.1) is 0 Å². The van der Waals surface area contributed by atoms with Crippen LogP contribution in [0.5, 0.6) is 0 Å². The van der Waals surface area contributed by atoms with Gasteiger partial charge in [-0.15, -0.1) is 0 Å². The maximum absolute atomic E-state index is 0. The molecule has 0 N–H and O–H groups in total. The molecule has 0 aliphatic rings. The van der Waals surface area contributed by atoms with Crippen LogP contribution in [0, 0.1) is 0 Å². The van der Waals surface area contributed by atoms with E-state index in [-0.39, 0.29) is 96.2 Å². The van der Waals surface area contributed by atoms with Crippen LogP contribution in [0.15, 0.2) is 0 Å². The average Bonchev–Trinajstić information content (AvgIpc) is 0. The first-order valence-corrected chi connectivity index (χ1v) is 0. The van der Waals surface area contributed by atoms with Gasteiger partial charge in [0.2, 0.25) is 0 Å². The normalized spacial score (nSPS) is 0. The van der Waals surface area contributed by atoms with Crippen LogP contribution in [0.25, 0.3) is 0 Å². The van der Waals surface area contributed by atoms with Crippen LogP contribution >= 0.6 is 0 Å². The van der Waals surface area contributed by atoms with Crippen LogP contribution in [0.1, 0.15) is 0 Å². The Balaban J connectivity index is 0. The van der Waals surface area contributed by atoms with Crippen molar-refractivity contribution in [3.63, 3.8) is 0 Å². The minimum atomic E-state index is 0. The van der Waals surface area contributed by atoms with Crippen molar-refractivity contribution in [3.05, 3.63) is 0 Å². The molecule has 0 aliphatic carbocycles. The molecule has 4 radical (unpaired) electrons. The zero-order valence-corrected chi connectivity index (χ0v) is 7.89. The van der Waals surface area contributed by atoms with Gasteiger partial charge >= 0.3 is 68.9 Å². The molecule has 0 saturated heterocycles. The predicted octanol–water partition coefficient (Wildman–Crippen LogP) is -0.604. The third kappa shape index (κ3) is 171. The molecular formula is Cr2Cu2O5. The molecule has 0 rings (SSSR count). The molecule has 0 aromatic carbocycles. The van der Waals surface area contributed by atoms with E-state index in [4.69, 9.17) is 0 Å². The second-order valence-corrected chi connectivity index (χ2v) is 0. The van der Waals surface area contributed by atoms with Crippen LogP contribution in [0.4, 0.5) is 0 Å². The quantitative estimate of drug-likeness (QED) is 0.526. The minimum Gasteiger partial charge on any atom is -2.00 e. The van der Waals surface area contributed by atoms with Gasteiger partial charge in [0, 0.05) is 0 Å². The summed E-state index contributed by atoms with van der Waals surface area (Å²) in [4.78, 5) is 0. The molecule has 9 heteroatoms. The van der Waals surface area contributed by atoms with Gasteiger partial charge in [-0.05, 0) is 0 Å². The second kappa shape index (κ2) is 217. The number of rotatable bonds is 0. The molecule has 0 unspecified atom stereocenters. The van der Waals surface area contributed by atoms with Crippen molar-refractivity contribution in [2.75, 3.05) is 0 Å². The first kappa shape index (κ1) is 295.